The van der Waals surface area contributed by atoms with Gasteiger partial charge in [0.15, 0.2) is 5.82 Å². The van der Waals surface area contributed by atoms with E-state index in [9.17, 15) is 0 Å². The third-order valence-electron chi connectivity index (χ3n) is 6.45. The van der Waals surface area contributed by atoms with Crippen molar-refractivity contribution in [3.05, 3.63) is 41.6 Å². The van der Waals surface area contributed by atoms with Crippen LogP contribution in [-0.4, -0.2) is 43.4 Å². The maximum Gasteiger partial charge on any atom is 0.153 e. The Balaban J connectivity index is 1.25. The molecule has 1 aromatic carbocycles. The third-order valence-corrected chi connectivity index (χ3v) is 6.45. The molecule has 0 amide bonds. The molecule has 3 heterocycles. The summed E-state index contributed by atoms with van der Waals surface area (Å²) in [5, 5.41) is 16.3. The lowest BCUT2D eigenvalue weighted by molar-refractivity contribution is 0.311. The SMILES string of the molecule is c1cc(CN2C[C@H](c3nc(C4CC4)n[nH]3)[C@@H](C3CC3)C2)c2cn[nH]c2c1. The topological polar surface area (TPSA) is 73.5 Å². The van der Waals surface area contributed by atoms with Crippen LogP contribution in [0.2, 0.25) is 0 Å². The largest absolute Gasteiger partial charge is 0.298 e. The molecule has 3 fully saturated rings. The van der Waals surface area contributed by atoms with Crippen molar-refractivity contribution in [3.8, 4) is 0 Å². The summed E-state index contributed by atoms with van der Waals surface area (Å²) in [7, 11) is 0. The van der Waals surface area contributed by atoms with Gasteiger partial charge in [-0.05, 0) is 49.1 Å². The summed E-state index contributed by atoms with van der Waals surface area (Å²) in [6.45, 7) is 3.23. The lowest BCUT2D eigenvalue weighted by atomic mass is 9.91. The molecule has 0 radical (unpaired) electrons. The fraction of sp³-hybridized carbons (Fsp3) is 0.550. The van der Waals surface area contributed by atoms with E-state index < -0.39 is 0 Å². The van der Waals surface area contributed by atoms with Crippen molar-refractivity contribution in [2.24, 2.45) is 11.8 Å². The van der Waals surface area contributed by atoms with E-state index in [1.807, 2.05) is 6.20 Å². The molecular formula is C20H24N6. The summed E-state index contributed by atoms with van der Waals surface area (Å²) >= 11 is 0. The summed E-state index contributed by atoms with van der Waals surface area (Å²) < 4.78 is 0. The van der Waals surface area contributed by atoms with Gasteiger partial charge in [0.25, 0.3) is 0 Å². The Kier molecular flexibility index (Phi) is 3.24. The van der Waals surface area contributed by atoms with E-state index >= 15 is 0 Å². The fourth-order valence-corrected chi connectivity index (χ4v) is 4.72. The molecule has 2 aromatic heterocycles. The number of aromatic amines is 2. The van der Waals surface area contributed by atoms with Crippen LogP contribution in [0.4, 0.5) is 0 Å². The Morgan fingerprint density at radius 2 is 2.00 bits per heavy atom. The Labute approximate surface area is 152 Å². The normalized spacial score (nSPS) is 26.8. The van der Waals surface area contributed by atoms with Crippen LogP contribution < -0.4 is 0 Å². The zero-order chi connectivity index (χ0) is 17.1. The zero-order valence-electron chi connectivity index (χ0n) is 14.9. The van der Waals surface area contributed by atoms with Gasteiger partial charge in [0, 0.05) is 36.9 Å². The van der Waals surface area contributed by atoms with Gasteiger partial charge in [-0.25, -0.2) is 4.98 Å². The standard InChI is InChI=1S/C20H24N6/c1-2-14(15-8-21-23-18(15)3-1)9-26-10-16(12-4-5-12)17(11-26)20-22-19(24-25-20)13-6-7-13/h1-3,8,12-13,16-17H,4-7,9-11H2,(H,21,23)(H,22,24,25)/t16-,17+/m1/s1. The first-order chi connectivity index (χ1) is 12.8. The first-order valence-corrected chi connectivity index (χ1v) is 9.90. The molecule has 2 saturated carbocycles. The van der Waals surface area contributed by atoms with Crippen molar-refractivity contribution in [2.45, 2.75) is 44.1 Å². The van der Waals surface area contributed by atoms with Crippen molar-refractivity contribution in [1.82, 2.24) is 30.3 Å². The van der Waals surface area contributed by atoms with Gasteiger partial charge in [0.1, 0.15) is 5.82 Å². The van der Waals surface area contributed by atoms with Crippen LogP contribution in [0.3, 0.4) is 0 Å². The monoisotopic (exact) mass is 348 g/mol. The lowest BCUT2D eigenvalue weighted by Gasteiger charge is -2.16. The highest BCUT2D eigenvalue weighted by Gasteiger charge is 2.44. The maximum atomic E-state index is 4.89. The van der Waals surface area contributed by atoms with Crippen molar-refractivity contribution < 1.29 is 0 Å². The molecule has 134 valence electrons. The van der Waals surface area contributed by atoms with Gasteiger partial charge in [0.2, 0.25) is 0 Å². The van der Waals surface area contributed by atoms with Gasteiger partial charge in [-0.15, -0.1) is 0 Å². The molecule has 3 aliphatic rings. The zero-order valence-corrected chi connectivity index (χ0v) is 14.9. The van der Waals surface area contributed by atoms with E-state index in [-0.39, 0.29) is 0 Å². The second-order valence-corrected chi connectivity index (χ2v) is 8.40. The van der Waals surface area contributed by atoms with E-state index in [0.717, 1.165) is 42.1 Å². The van der Waals surface area contributed by atoms with Crippen molar-refractivity contribution >= 4 is 10.9 Å². The molecule has 1 saturated heterocycles. The highest BCUT2D eigenvalue weighted by atomic mass is 15.2. The summed E-state index contributed by atoms with van der Waals surface area (Å²) in [6.07, 6.45) is 7.24. The molecule has 6 rings (SSSR count). The highest BCUT2D eigenvalue weighted by molar-refractivity contribution is 5.81. The average Bonchev–Trinajstić information content (AvgIpc) is 3.54. The number of hydrogen-bond donors (Lipinski definition) is 2. The second kappa shape index (κ2) is 5.64. The van der Waals surface area contributed by atoms with E-state index in [1.54, 1.807) is 0 Å². The molecule has 3 aromatic rings. The number of rotatable bonds is 5. The maximum absolute atomic E-state index is 4.89. The number of likely N-dealkylation sites (tertiary alicyclic amines) is 1. The molecule has 0 bridgehead atoms. The van der Waals surface area contributed by atoms with Crippen molar-refractivity contribution in [3.63, 3.8) is 0 Å². The summed E-state index contributed by atoms with van der Waals surface area (Å²) in [6, 6.07) is 6.46. The predicted octanol–water partition coefficient (Wildman–Crippen LogP) is 3.18. The number of benzene rings is 1. The molecule has 0 spiro atoms. The van der Waals surface area contributed by atoms with Gasteiger partial charge in [-0.3, -0.25) is 15.1 Å². The Morgan fingerprint density at radius 1 is 1.08 bits per heavy atom. The fourth-order valence-electron chi connectivity index (χ4n) is 4.72. The highest BCUT2D eigenvalue weighted by Crippen LogP contribution is 2.48. The Bertz CT molecular complexity index is 935. The van der Waals surface area contributed by atoms with Crippen LogP contribution in [0.25, 0.3) is 10.9 Å². The van der Waals surface area contributed by atoms with Crippen LogP contribution in [0, 0.1) is 11.8 Å². The number of hydrogen-bond acceptors (Lipinski definition) is 4. The Morgan fingerprint density at radius 3 is 2.85 bits per heavy atom. The van der Waals surface area contributed by atoms with Gasteiger partial charge < -0.3 is 0 Å². The van der Waals surface area contributed by atoms with Crippen molar-refractivity contribution in [1.29, 1.82) is 0 Å². The lowest BCUT2D eigenvalue weighted by Crippen LogP contribution is -2.20. The Hall–Kier alpha value is -2.21. The summed E-state index contributed by atoms with van der Waals surface area (Å²) in [4.78, 5) is 7.50. The number of nitrogens with one attached hydrogen (secondary N) is 2. The number of fused-ring (bicyclic) bond motifs is 1. The van der Waals surface area contributed by atoms with E-state index in [4.69, 9.17) is 4.98 Å². The molecule has 6 nitrogen and oxygen atoms in total. The van der Waals surface area contributed by atoms with Crippen LogP contribution >= 0.6 is 0 Å². The van der Waals surface area contributed by atoms with Crippen LogP contribution in [-0.2, 0) is 6.54 Å². The number of aromatic nitrogens is 5. The first-order valence-electron chi connectivity index (χ1n) is 9.90. The number of H-pyrrole nitrogens is 2. The molecular weight excluding hydrogens is 324 g/mol. The predicted molar refractivity (Wildman–Crippen MR) is 98.7 cm³/mol. The minimum Gasteiger partial charge on any atom is -0.298 e. The van der Waals surface area contributed by atoms with Crippen molar-refractivity contribution in [2.75, 3.05) is 13.1 Å². The second-order valence-electron chi connectivity index (χ2n) is 8.40. The quantitative estimate of drug-likeness (QED) is 0.743. The van der Waals surface area contributed by atoms with Crippen LogP contribution in [0.5, 0.6) is 0 Å². The smallest absolute Gasteiger partial charge is 0.153 e. The van der Waals surface area contributed by atoms with Crippen LogP contribution in [0.15, 0.2) is 24.4 Å². The number of nitrogens with zero attached hydrogens (tertiary/aromatic N) is 4. The molecule has 2 aliphatic carbocycles. The summed E-state index contributed by atoms with van der Waals surface area (Å²) in [5.74, 6) is 4.91. The van der Waals surface area contributed by atoms with Gasteiger partial charge in [0.05, 0.1) is 11.7 Å². The third kappa shape index (κ3) is 2.55. The molecule has 2 N–H and O–H groups in total. The van der Waals surface area contributed by atoms with E-state index in [0.29, 0.717) is 11.8 Å². The molecule has 2 atom stereocenters. The van der Waals surface area contributed by atoms with Gasteiger partial charge in [-0.2, -0.15) is 10.2 Å². The van der Waals surface area contributed by atoms with Crippen LogP contribution in [0.1, 0.15) is 54.7 Å². The van der Waals surface area contributed by atoms with E-state index in [1.165, 1.54) is 43.2 Å². The first kappa shape index (κ1) is 14.9. The van der Waals surface area contributed by atoms with Gasteiger partial charge >= 0.3 is 0 Å². The van der Waals surface area contributed by atoms with E-state index in [2.05, 4.69) is 43.5 Å². The average molecular weight is 348 g/mol. The molecule has 0 unspecified atom stereocenters. The molecule has 1 aliphatic heterocycles. The summed E-state index contributed by atoms with van der Waals surface area (Å²) in [5.41, 5.74) is 2.49. The minimum absolute atomic E-state index is 0.506. The molecule has 6 heteroatoms. The molecule has 26 heavy (non-hydrogen) atoms. The minimum atomic E-state index is 0.506. The van der Waals surface area contributed by atoms with Gasteiger partial charge in [-0.1, -0.05) is 12.1 Å².